The van der Waals surface area contributed by atoms with Gasteiger partial charge in [-0.25, -0.2) is 0 Å². The molecular weight excluding hydrogens is 233 g/mol. The standard InChI is InChI=1S/C5H4INS/c6-7-4-2-1-3-5(7)8/h1-4H. The third-order valence-corrected chi connectivity index (χ3v) is 2.28. The first-order valence-corrected chi connectivity index (χ1v) is 3.52. The monoisotopic (exact) mass is 237 g/mol. The zero-order valence-electron chi connectivity index (χ0n) is 4.04. The van der Waals surface area contributed by atoms with E-state index >= 15 is 0 Å². The summed E-state index contributed by atoms with van der Waals surface area (Å²) in [7, 11) is 0. The molecule has 0 saturated heterocycles. The second-order valence-corrected chi connectivity index (χ2v) is 2.81. The Kier molecular flexibility index (Phi) is 2.01. The molecule has 0 aliphatic carbocycles. The molecule has 1 aromatic heterocycles. The van der Waals surface area contributed by atoms with E-state index in [1.165, 1.54) is 0 Å². The van der Waals surface area contributed by atoms with Gasteiger partial charge in [0.2, 0.25) is 0 Å². The van der Waals surface area contributed by atoms with Crippen LogP contribution < -0.4 is 0 Å². The molecule has 0 unspecified atom stereocenters. The van der Waals surface area contributed by atoms with Crippen LogP contribution in [0.2, 0.25) is 0 Å². The van der Waals surface area contributed by atoms with Gasteiger partial charge in [-0.05, 0) is 12.1 Å². The van der Waals surface area contributed by atoms with Gasteiger partial charge in [0.05, 0.1) is 22.9 Å². The van der Waals surface area contributed by atoms with Gasteiger partial charge >= 0.3 is 0 Å². The van der Waals surface area contributed by atoms with Gasteiger partial charge in [0, 0.05) is 6.20 Å². The molecule has 0 aliphatic rings. The molecular formula is C5H4INS. The number of aromatic nitrogens is 1. The molecule has 0 fully saturated rings. The highest BCUT2D eigenvalue weighted by molar-refractivity contribution is 14.1. The fourth-order valence-corrected chi connectivity index (χ4v) is 0.894. The molecule has 0 amide bonds. The van der Waals surface area contributed by atoms with E-state index in [4.69, 9.17) is 12.2 Å². The Morgan fingerprint density at radius 1 is 1.50 bits per heavy atom. The van der Waals surface area contributed by atoms with Crippen molar-refractivity contribution in [2.75, 3.05) is 0 Å². The number of hydrogen-bond acceptors (Lipinski definition) is 1. The van der Waals surface area contributed by atoms with E-state index in [1.807, 2.05) is 27.2 Å². The van der Waals surface area contributed by atoms with Crippen molar-refractivity contribution < 1.29 is 0 Å². The highest BCUT2D eigenvalue weighted by Crippen LogP contribution is 1.96. The van der Waals surface area contributed by atoms with Gasteiger partial charge in [-0.3, -0.25) is 2.78 Å². The summed E-state index contributed by atoms with van der Waals surface area (Å²) >= 11 is 7.05. The largest absolute Gasteiger partial charge is 0.280 e. The fraction of sp³-hybridized carbons (Fsp3) is 0. The van der Waals surface area contributed by atoms with Crippen LogP contribution in [0.3, 0.4) is 0 Å². The summed E-state index contributed by atoms with van der Waals surface area (Å²) in [5.41, 5.74) is 0. The Hall–Kier alpha value is 0.1000. The van der Waals surface area contributed by atoms with E-state index in [0.29, 0.717) is 0 Å². The molecule has 1 rings (SSSR count). The molecule has 8 heavy (non-hydrogen) atoms. The predicted octanol–water partition coefficient (Wildman–Crippen LogP) is 2.42. The summed E-state index contributed by atoms with van der Waals surface area (Å²) in [4.78, 5) is 0. The lowest BCUT2D eigenvalue weighted by Gasteiger charge is -1.89. The summed E-state index contributed by atoms with van der Waals surface area (Å²) in [5.74, 6) is 0. The Labute approximate surface area is 66.8 Å². The zero-order chi connectivity index (χ0) is 5.98. The summed E-state index contributed by atoms with van der Waals surface area (Å²) in [6.07, 6.45) is 1.92. The van der Waals surface area contributed by atoms with Gasteiger partial charge in [0.15, 0.2) is 0 Å². The van der Waals surface area contributed by atoms with E-state index in [2.05, 4.69) is 22.9 Å². The minimum absolute atomic E-state index is 0.855. The van der Waals surface area contributed by atoms with Gasteiger partial charge in [-0.15, -0.1) is 0 Å². The second kappa shape index (κ2) is 2.59. The molecule has 0 radical (unpaired) electrons. The van der Waals surface area contributed by atoms with Gasteiger partial charge in [0.1, 0.15) is 4.64 Å². The van der Waals surface area contributed by atoms with Crippen molar-refractivity contribution in [3.05, 3.63) is 29.0 Å². The van der Waals surface area contributed by atoms with E-state index in [-0.39, 0.29) is 0 Å². The minimum Gasteiger partial charge on any atom is -0.280 e. The van der Waals surface area contributed by atoms with Crippen LogP contribution >= 0.6 is 35.1 Å². The lowest BCUT2D eigenvalue weighted by atomic mass is 10.5. The number of halogens is 1. The number of nitrogens with zero attached hydrogens (tertiary/aromatic N) is 1. The molecule has 0 saturated carbocycles. The fourth-order valence-electron chi connectivity index (χ4n) is 0.408. The minimum atomic E-state index is 0.855. The zero-order valence-corrected chi connectivity index (χ0v) is 7.02. The van der Waals surface area contributed by atoms with Crippen molar-refractivity contribution >= 4 is 35.1 Å². The molecule has 1 nitrogen and oxygen atoms in total. The molecule has 1 heterocycles. The van der Waals surface area contributed by atoms with E-state index in [0.717, 1.165) is 4.64 Å². The molecule has 42 valence electrons. The van der Waals surface area contributed by atoms with Crippen molar-refractivity contribution in [2.45, 2.75) is 0 Å². The predicted molar refractivity (Wildman–Crippen MR) is 44.7 cm³/mol. The van der Waals surface area contributed by atoms with Crippen molar-refractivity contribution in [1.82, 2.24) is 2.78 Å². The summed E-state index contributed by atoms with van der Waals surface area (Å²) in [6.45, 7) is 0. The molecule has 0 bridgehead atoms. The van der Waals surface area contributed by atoms with Crippen molar-refractivity contribution in [3.8, 4) is 0 Å². The average Bonchev–Trinajstić information content (AvgIpc) is 1.77. The third-order valence-electron chi connectivity index (χ3n) is 0.777. The Balaban J connectivity index is 3.35. The lowest BCUT2D eigenvalue weighted by Crippen LogP contribution is -1.77. The highest BCUT2D eigenvalue weighted by Gasteiger charge is 1.77. The topological polar surface area (TPSA) is 4.93 Å². The van der Waals surface area contributed by atoms with Crippen LogP contribution in [0.15, 0.2) is 24.4 Å². The van der Waals surface area contributed by atoms with Crippen molar-refractivity contribution in [2.24, 2.45) is 0 Å². The molecule has 0 spiro atoms. The summed E-state index contributed by atoms with van der Waals surface area (Å²) in [6, 6.07) is 5.77. The van der Waals surface area contributed by atoms with Gasteiger partial charge < -0.3 is 0 Å². The summed E-state index contributed by atoms with van der Waals surface area (Å²) < 4.78 is 2.72. The number of hydrogen-bond donors (Lipinski definition) is 0. The van der Waals surface area contributed by atoms with E-state index < -0.39 is 0 Å². The first-order valence-electron chi connectivity index (χ1n) is 2.14. The summed E-state index contributed by atoms with van der Waals surface area (Å²) in [5, 5.41) is 0. The molecule has 0 atom stereocenters. The quantitative estimate of drug-likeness (QED) is 0.495. The molecule has 1 aromatic rings. The average molecular weight is 237 g/mol. The van der Waals surface area contributed by atoms with Crippen molar-refractivity contribution in [3.63, 3.8) is 0 Å². The lowest BCUT2D eigenvalue weighted by molar-refractivity contribution is 1.26. The maximum Gasteiger partial charge on any atom is 0.114 e. The second-order valence-electron chi connectivity index (χ2n) is 1.35. The number of pyridine rings is 1. The Morgan fingerprint density at radius 3 is 2.62 bits per heavy atom. The maximum absolute atomic E-state index is 4.91. The smallest absolute Gasteiger partial charge is 0.114 e. The van der Waals surface area contributed by atoms with E-state index in [9.17, 15) is 0 Å². The first-order chi connectivity index (χ1) is 3.80. The van der Waals surface area contributed by atoms with Crippen LogP contribution in [-0.2, 0) is 0 Å². The third kappa shape index (κ3) is 1.29. The van der Waals surface area contributed by atoms with Crippen LogP contribution in [-0.4, -0.2) is 2.78 Å². The normalized spacial score (nSPS) is 9.12. The number of rotatable bonds is 0. The SMILES string of the molecule is S=c1ccccn1I. The van der Waals surface area contributed by atoms with Crippen LogP contribution in [0.1, 0.15) is 0 Å². The van der Waals surface area contributed by atoms with Crippen LogP contribution in [0.4, 0.5) is 0 Å². The maximum atomic E-state index is 4.91. The molecule has 0 N–H and O–H groups in total. The molecule has 0 aliphatic heterocycles. The van der Waals surface area contributed by atoms with Gasteiger partial charge in [-0.2, -0.15) is 0 Å². The van der Waals surface area contributed by atoms with Crippen molar-refractivity contribution in [1.29, 1.82) is 0 Å². The molecule has 0 aromatic carbocycles. The van der Waals surface area contributed by atoms with Crippen LogP contribution in [0.5, 0.6) is 0 Å². The van der Waals surface area contributed by atoms with Crippen LogP contribution in [0.25, 0.3) is 0 Å². The Morgan fingerprint density at radius 2 is 2.25 bits per heavy atom. The van der Waals surface area contributed by atoms with Gasteiger partial charge in [-0.1, -0.05) is 18.3 Å². The molecule has 3 heteroatoms. The van der Waals surface area contributed by atoms with Crippen LogP contribution in [0, 0.1) is 4.64 Å². The first kappa shape index (κ1) is 6.22. The Bertz CT molecular complexity index is 230. The van der Waals surface area contributed by atoms with E-state index in [1.54, 1.807) is 0 Å². The van der Waals surface area contributed by atoms with Gasteiger partial charge in [0.25, 0.3) is 0 Å². The highest BCUT2D eigenvalue weighted by atomic mass is 127.